The van der Waals surface area contributed by atoms with Crippen LogP contribution in [0, 0.1) is 18.8 Å². The molecule has 1 fully saturated rings. The van der Waals surface area contributed by atoms with Gasteiger partial charge in [-0.25, -0.2) is 0 Å². The van der Waals surface area contributed by atoms with E-state index in [9.17, 15) is 4.79 Å². The Hall–Kier alpha value is -1.48. The van der Waals surface area contributed by atoms with Crippen molar-refractivity contribution in [1.82, 2.24) is 10.3 Å². The fraction of sp³-hybridized carbons (Fsp3) is 0.438. The molecule has 1 amide bonds. The maximum absolute atomic E-state index is 11.9. The monoisotopic (exact) mass is 290 g/mol. The second-order valence-electron chi connectivity index (χ2n) is 5.97. The Morgan fingerprint density at radius 2 is 2.15 bits per heavy atom. The summed E-state index contributed by atoms with van der Waals surface area (Å²) in [6, 6.07) is 6.04. The predicted molar refractivity (Wildman–Crippen MR) is 81.8 cm³/mol. The SMILES string of the molecule is Cc1cc2[nH]c(CNC(=O)C3CC(C)C3)cc2cc1Cl. The number of nitrogens with one attached hydrogen (secondary N) is 2. The van der Waals surface area contributed by atoms with Gasteiger partial charge in [-0.15, -0.1) is 0 Å². The van der Waals surface area contributed by atoms with Gasteiger partial charge in [0.2, 0.25) is 5.91 Å². The fourth-order valence-electron chi connectivity index (χ4n) is 2.86. The molecule has 0 bridgehead atoms. The number of aromatic nitrogens is 1. The first-order chi connectivity index (χ1) is 9.52. The van der Waals surface area contributed by atoms with E-state index in [-0.39, 0.29) is 11.8 Å². The lowest BCUT2D eigenvalue weighted by molar-refractivity contribution is -0.129. The number of hydrogen-bond donors (Lipinski definition) is 2. The smallest absolute Gasteiger partial charge is 0.223 e. The highest BCUT2D eigenvalue weighted by Gasteiger charge is 2.31. The number of benzene rings is 1. The average molecular weight is 291 g/mol. The summed E-state index contributed by atoms with van der Waals surface area (Å²) in [7, 11) is 0. The summed E-state index contributed by atoms with van der Waals surface area (Å²) >= 11 is 6.12. The molecule has 3 nitrogen and oxygen atoms in total. The van der Waals surface area contributed by atoms with Crippen molar-refractivity contribution in [3.8, 4) is 0 Å². The molecule has 0 spiro atoms. The minimum absolute atomic E-state index is 0.177. The van der Waals surface area contributed by atoms with Crippen molar-refractivity contribution < 1.29 is 4.79 Å². The quantitative estimate of drug-likeness (QED) is 0.887. The van der Waals surface area contributed by atoms with E-state index in [4.69, 9.17) is 11.6 Å². The van der Waals surface area contributed by atoms with E-state index in [0.29, 0.717) is 12.5 Å². The third-order valence-electron chi connectivity index (χ3n) is 4.15. The summed E-state index contributed by atoms with van der Waals surface area (Å²) in [5.74, 6) is 1.09. The molecule has 0 aliphatic heterocycles. The number of carbonyl (C=O) groups is 1. The molecule has 106 valence electrons. The highest BCUT2D eigenvalue weighted by Crippen LogP contribution is 2.33. The van der Waals surface area contributed by atoms with E-state index in [1.54, 1.807) is 0 Å². The first kappa shape index (κ1) is 13.5. The average Bonchev–Trinajstić information content (AvgIpc) is 2.75. The second kappa shape index (κ2) is 5.13. The van der Waals surface area contributed by atoms with E-state index in [2.05, 4.69) is 17.2 Å². The number of fused-ring (bicyclic) bond motifs is 1. The molecule has 4 heteroatoms. The Balaban J connectivity index is 1.67. The van der Waals surface area contributed by atoms with Gasteiger partial charge in [-0.05, 0) is 49.4 Å². The number of aryl methyl sites for hydroxylation is 1. The van der Waals surface area contributed by atoms with E-state index in [1.165, 1.54) is 0 Å². The van der Waals surface area contributed by atoms with Crippen molar-refractivity contribution in [3.05, 3.63) is 34.5 Å². The Morgan fingerprint density at radius 1 is 1.40 bits per heavy atom. The molecule has 2 aromatic rings. The molecular formula is C16H19ClN2O. The number of H-pyrrole nitrogens is 1. The van der Waals surface area contributed by atoms with Crippen LogP contribution >= 0.6 is 11.6 Å². The molecule has 1 aliphatic carbocycles. The van der Waals surface area contributed by atoms with Crippen molar-refractivity contribution in [2.24, 2.45) is 11.8 Å². The lowest BCUT2D eigenvalue weighted by Crippen LogP contribution is -2.37. The minimum atomic E-state index is 0.177. The van der Waals surface area contributed by atoms with Gasteiger partial charge < -0.3 is 10.3 Å². The molecule has 0 saturated heterocycles. The first-order valence-corrected chi connectivity index (χ1v) is 7.46. The zero-order valence-electron chi connectivity index (χ0n) is 11.8. The summed E-state index contributed by atoms with van der Waals surface area (Å²) in [5.41, 5.74) is 3.14. The highest BCUT2D eigenvalue weighted by molar-refractivity contribution is 6.32. The number of carbonyl (C=O) groups excluding carboxylic acids is 1. The molecule has 1 heterocycles. The minimum Gasteiger partial charge on any atom is -0.357 e. The van der Waals surface area contributed by atoms with Gasteiger partial charge in [0.1, 0.15) is 0 Å². The van der Waals surface area contributed by atoms with Crippen LogP contribution in [0.3, 0.4) is 0 Å². The molecule has 1 aliphatic rings. The van der Waals surface area contributed by atoms with Gasteiger partial charge in [0.25, 0.3) is 0 Å². The van der Waals surface area contributed by atoms with E-state index >= 15 is 0 Å². The summed E-state index contributed by atoms with van der Waals surface area (Å²) in [4.78, 5) is 15.3. The topological polar surface area (TPSA) is 44.9 Å². The highest BCUT2D eigenvalue weighted by atomic mass is 35.5. The van der Waals surface area contributed by atoms with E-state index in [1.807, 2.05) is 25.1 Å². The fourth-order valence-corrected chi connectivity index (χ4v) is 3.03. The number of rotatable bonds is 3. The molecule has 1 saturated carbocycles. The lowest BCUT2D eigenvalue weighted by Gasteiger charge is -2.31. The van der Waals surface area contributed by atoms with Crippen LogP contribution in [0.25, 0.3) is 10.9 Å². The van der Waals surface area contributed by atoms with Gasteiger partial charge in [0.05, 0.1) is 6.54 Å². The van der Waals surface area contributed by atoms with Crippen molar-refractivity contribution in [2.75, 3.05) is 0 Å². The van der Waals surface area contributed by atoms with Crippen LogP contribution in [0.1, 0.15) is 31.0 Å². The van der Waals surface area contributed by atoms with E-state index < -0.39 is 0 Å². The third-order valence-corrected chi connectivity index (χ3v) is 4.56. The Kier molecular flexibility index (Phi) is 3.47. The normalized spacial score (nSPS) is 21.8. The van der Waals surface area contributed by atoms with Gasteiger partial charge in [-0.1, -0.05) is 18.5 Å². The van der Waals surface area contributed by atoms with Crippen LogP contribution in [0.15, 0.2) is 18.2 Å². The molecule has 2 N–H and O–H groups in total. The number of aromatic amines is 1. The van der Waals surface area contributed by atoms with Crippen molar-refractivity contribution in [3.63, 3.8) is 0 Å². The maximum atomic E-state index is 11.9. The summed E-state index contributed by atoms with van der Waals surface area (Å²) < 4.78 is 0. The molecule has 20 heavy (non-hydrogen) atoms. The largest absolute Gasteiger partial charge is 0.357 e. The second-order valence-corrected chi connectivity index (χ2v) is 6.38. The van der Waals surface area contributed by atoms with Gasteiger partial charge in [0.15, 0.2) is 0 Å². The maximum Gasteiger partial charge on any atom is 0.223 e. The zero-order chi connectivity index (χ0) is 14.3. The predicted octanol–water partition coefficient (Wildman–Crippen LogP) is 3.79. The molecule has 0 radical (unpaired) electrons. The van der Waals surface area contributed by atoms with Crippen LogP contribution < -0.4 is 5.32 Å². The Bertz CT molecular complexity index is 617. The third kappa shape index (κ3) is 2.55. The molecular weight excluding hydrogens is 272 g/mol. The molecule has 1 aromatic carbocycles. The van der Waals surface area contributed by atoms with Crippen LogP contribution in [0.5, 0.6) is 0 Å². The van der Waals surface area contributed by atoms with Crippen LogP contribution in [-0.4, -0.2) is 10.9 Å². The first-order valence-electron chi connectivity index (χ1n) is 7.08. The summed E-state index contributed by atoms with van der Waals surface area (Å²) in [5, 5.41) is 4.87. The summed E-state index contributed by atoms with van der Waals surface area (Å²) in [6.45, 7) is 4.73. The summed E-state index contributed by atoms with van der Waals surface area (Å²) in [6.07, 6.45) is 2.04. The standard InChI is InChI=1S/C16H19ClN2O/c1-9-3-12(4-9)16(20)18-8-13-6-11-7-14(17)10(2)5-15(11)19-13/h5-7,9,12,19H,3-4,8H2,1-2H3,(H,18,20). The van der Waals surface area contributed by atoms with Gasteiger partial charge in [-0.3, -0.25) is 4.79 Å². The lowest BCUT2D eigenvalue weighted by atomic mass is 9.76. The van der Waals surface area contributed by atoms with Crippen molar-refractivity contribution in [1.29, 1.82) is 0 Å². The van der Waals surface area contributed by atoms with Crippen LogP contribution in [0.2, 0.25) is 5.02 Å². The molecule has 0 atom stereocenters. The Morgan fingerprint density at radius 3 is 2.85 bits per heavy atom. The van der Waals surface area contributed by atoms with Crippen molar-refractivity contribution >= 4 is 28.4 Å². The number of amides is 1. The molecule has 3 rings (SSSR count). The van der Waals surface area contributed by atoms with Gasteiger partial charge in [0, 0.05) is 27.5 Å². The molecule has 0 unspecified atom stereocenters. The zero-order valence-corrected chi connectivity index (χ0v) is 12.6. The van der Waals surface area contributed by atoms with Crippen molar-refractivity contribution in [2.45, 2.75) is 33.2 Å². The van der Waals surface area contributed by atoms with Crippen LogP contribution in [0.4, 0.5) is 0 Å². The Labute approximate surface area is 123 Å². The number of halogens is 1. The van der Waals surface area contributed by atoms with Gasteiger partial charge in [-0.2, -0.15) is 0 Å². The number of hydrogen-bond acceptors (Lipinski definition) is 1. The van der Waals surface area contributed by atoms with Gasteiger partial charge >= 0.3 is 0 Å². The van der Waals surface area contributed by atoms with E-state index in [0.717, 1.165) is 40.0 Å². The van der Waals surface area contributed by atoms with Crippen LogP contribution in [-0.2, 0) is 11.3 Å². The molecule has 1 aromatic heterocycles.